The molecule has 0 fully saturated rings. The Labute approximate surface area is 152 Å². The molecule has 132 valence electrons. The summed E-state index contributed by atoms with van der Waals surface area (Å²) in [6.45, 7) is 3.62. The number of amides is 2. The zero-order valence-electron chi connectivity index (χ0n) is 14.2. The van der Waals surface area contributed by atoms with Crippen LogP contribution in [-0.2, 0) is 16.1 Å². The molecule has 1 unspecified atom stereocenters. The van der Waals surface area contributed by atoms with E-state index in [-0.39, 0.29) is 18.6 Å². The van der Waals surface area contributed by atoms with Crippen LogP contribution >= 0.6 is 11.6 Å². The third kappa shape index (κ3) is 6.12. The Morgan fingerprint density at radius 1 is 1.00 bits per heavy atom. The molecule has 0 aromatic heterocycles. The predicted octanol–water partition coefficient (Wildman–Crippen LogP) is 3.83. The normalized spacial score (nSPS) is 12.8. The van der Waals surface area contributed by atoms with Gasteiger partial charge in [0.1, 0.15) is 12.6 Å². The summed E-state index contributed by atoms with van der Waals surface area (Å²) in [5.74, 6) is -0.292. The van der Waals surface area contributed by atoms with Gasteiger partial charge in [-0.15, -0.1) is 0 Å². The van der Waals surface area contributed by atoms with Crippen molar-refractivity contribution >= 4 is 23.6 Å². The molecule has 0 heterocycles. The second kappa shape index (κ2) is 9.08. The molecule has 0 aliphatic carbocycles. The van der Waals surface area contributed by atoms with Crippen molar-refractivity contribution in [3.05, 3.63) is 70.7 Å². The number of carbonyl (C=O) groups is 2. The molecule has 0 saturated heterocycles. The zero-order chi connectivity index (χ0) is 18.2. The fourth-order valence-electron chi connectivity index (χ4n) is 2.18. The van der Waals surface area contributed by atoms with Crippen LogP contribution in [0.25, 0.3) is 0 Å². The van der Waals surface area contributed by atoms with Crippen molar-refractivity contribution in [2.45, 2.75) is 32.5 Å². The van der Waals surface area contributed by atoms with Gasteiger partial charge < -0.3 is 15.4 Å². The van der Waals surface area contributed by atoms with Gasteiger partial charge in [-0.25, -0.2) is 4.79 Å². The van der Waals surface area contributed by atoms with Crippen molar-refractivity contribution in [3.63, 3.8) is 0 Å². The van der Waals surface area contributed by atoms with Crippen LogP contribution < -0.4 is 10.6 Å². The van der Waals surface area contributed by atoms with Crippen LogP contribution in [0.15, 0.2) is 54.6 Å². The number of carbonyl (C=O) groups excluding carboxylic acids is 2. The van der Waals surface area contributed by atoms with Gasteiger partial charge in [0.05, 0.1) is 6.04 Å². The lowest BCUT2D eigenvalue weighted by atomic mass is 10.1. The number of ether oxygens (including phenoxy) is 1. The topological polar surface area (TPSA) is 67.4 Å². The molecule has 0 aliphatic heterocycles. The van der Waals surface area contributed by atoms with E-state index in [9.17, 15) is 9.59 Å². The Hall–Kier alpha value is -2.53. The standard InChI is InChI=1S/C19H21ClN2O3/c1-13(16-8-10-17(20)11-9-16)21-18(23)14(2)22-19(24)25-12-15-6-4-3-5-7-15/h3-11,13-14H,12H2,1-2H3,(H,21,23)(H,22,24)/t13?,14-/m0/s1. The average molecular weight is 361 g/mol. The number of nitrogens with one attached hydrogen (secondary N) is 2. The summed E-state index contributed by atoms with van der Waals surface area (Å²) in [4.78, 5) is 24.0. The van der Waals surface area contributed by atoms with Crippen LogP contribution in [0.2, 0.25) is 5.02 Å². The van der Waals surface area contributed by atoms with E-state index >= 15 is 0 Å². The number of hydrogen-bond donors (Lipinski definition) is 2. The lowest BCUT2D eigenvalue weighted by Gasteiger charge is -2.19. The first-order valence-corrected chi connectivity index (χ1v) is 8.36. The van der Waals surface area contributed by atoms with Crippen molar-refractivity contribution in [3.8, 4) is 0 Å². The van der Waals surface area contributed by atoms with Gasteiger partial charge in [-0.05, 0) is 37.1 Å². The first-order valence-electron chi connectivity index (χ1n) is 7.99. The summed E-state index contributed by atoms with van der Waals surface area (Å²) < 4.78 is 5.11. The van der Waals surface area contributed by atoms with Gasteiger partial charge in [0.15, 0.2) is 0 Å². The minimum atomic E-state index is -0.710. The predicted molar refractivity (Wildman–Crippen MR) is 97.2 cm³/mol. The smallest absolute Gasteiger partial charge is 0.408 e. The van der Waals surface area contributed by atoms with Gasteiger partial charge in [-0.3, -0.25) is 4.79 Å². The summed E-state index contributed by atoms with van der Waals surface area (Å²) in [6.07, 6.45) is -0.634. The highest BCUT2D eigenvalue weighted by Crippen LogP contribution is 2.16. The Bertz CT molecular complexity index is 704. The summed E-state index contributed by atoms with van der Waals surface area (Å²) in [6, 6.07) is 15.7. The fraction of sp³-hybridized carbons (Fsp3) is 0.263. The second-order valence-corrected chi connectivity index (χ2v) is 6.15. The molecular weight excluding hydrogens is 340 g/mol. The maximum absolute atomic E-state index is 12.2. The molecule has 2 N–H and O–H groups in total. The average Bonchev–Trinajstić information content (AvgIpc) is 2.61. The Balaban J connectivity index is 1.79. The second-order valence-electron chi connectivity index (χ2n) is 5.71. The van der Waals surface area contributed by atoms with E-state index in [4.69, 9.17) is 16.3 Å². The quantitative estimate of drug-likeness (QED) is 0.822. The van der Waals surface area contributed by atoms with E-state index in [2.05, 4.69) is 10.6 Å². The number of alkyl carbamates (subject to hydrolysis) is 1. The molecule has 0 aliphatic rings. The zero-order valence-corrected chi connectivity index (χ0v) is 14.9. The Morgan fingerprint density at radius 2 is 1.64 bits per heavy atom. The van der Waals surface area contributed by atoms with Crippen LogP contribution in [-0.4, -0.2) is 18.0 Å². The van der Waals surface area contributed by atoms with Gasteiger partial charge in [0, 0.05) is 5.02 Å². The minimum absolute atomic E-state index is 0.155. The van der Waals surface area contributed by atoms with Crippen LogP contribution in [0, 0.1) is 0 Å². The van der Waals surface area contributed by atoms with Crippen molar-refractivity contribution in [2.24, 2.45) is 0 Å². The van der Waals surface area contributed by atoms with Gasteiger partial charge in [-0.2, -0.15) is 0 Å². The van der Waals surface area contributed by atoms with E-state index < -0.39 is 12.1 Å². The number of halogens is 1. The van der Waals surface area contributed by atoms with E-state index in [0.29, 0.717) is 5.02 Å². The number of hydrogen-bond acceptors (Lipinski definition) is 3. The summed E-state index contributed by atoms with van der Waals surface area (Å²) >= 11 is 5.86. The minimum Gasteiger partial charge on any atom is -0.445 e. The molecule has 25 heavy (non-hydrogen) atoms. The van der Waals surface area contributed by atoms with Gasteiger partial charge >= 0.3 is 6.09 Å². The SMILES string of the molecule is CC(NC(=O)[C@H](C)NC(=O)OCc1ccccc1)c1ccc(Cl)cc1. The fourth-order valence-corrected chi connectivity index (χ4v) is 2.31. The number of benzene rings is 2. The summed E-state index contributed by atoms with van der Waals surface area (Å²) in [7, 11) is 0. The molecule has 0 saturated carbocycles. The highest BCUT2D eigenvalue weighted by Gasteiger charge is 2.18. The Kier molecular flexibility index (Phi) is 6.83. The molecule has 6 heteroatoms. The van der Waals surface area contributed by atoms with Crippen LogP contribution in [0.3, 0.4) is 0 Å². The third-order valence-electron chi connectivity index (χ3n) is 3.67. The van der Waals surface area contributed by atoms with Crippen LogP contribution in [0.5, 0.6) is 0 Å². The van der Waals surface area contributed by atoms with Crippen molar-refractivity contribution in [1.29, 1.82) is 0 Å². The Morgan fingerprint density at radius 3 is 2.28 bits per heavy atom. The van der Waals surface area contributed by atoms with Gasteiger partial charge in [0.2, 0.25) is 5.91 Å². The summed E-state index contributed by atoms with van der Waals surface area (Å²) in [5.41, 5.74) is 1.81. The molecule has 2 aromatic rings. The van der Waals surface area contributed by atoms with Crippen molar-refractivity contribution < 1.29 is 14.3 Å². The maximum atomic E-state index is 12.2. The third-order valence-corrected chi connectivity index (χ3v) is 3.92. The first-order chi connectivity index (χ1) is 12.0. The molecular formula is C19H21ClN2O3. The van der Waals surface area contributed by atoms with E-state index in [1.807, 2.05) is 49.4 Å². The van der Waals surface area contributed by atoms with Crippen molar-refractivity contribution in [2.75, 3.05) is 0 Å². The highest BCUT2D eigenvalue weighted by atomic mass is 35.5. The van der Waals surface area contributed by atoms with Crippen molar-refractivity contribution in [1.82, 2.24) is 10.6 Å². The van der Waals surface area contributed by atoms with E-state index in [1.165, 1.54) is 0 Å². The molecule has 2 atom stereocenters. The molecule has 2 amide bonds. The molecule has 0 radical (unpaired) electrons. The van der Waals surface area contributed by atoms with Crippen LogP contribution in [0.4, 0.5) is 4.79 Å². The molecule has 0 spiro atoms. The largest absolute Gasteiger partial charge is 0.445 e. The summed E-state index contributed by atoms with van der Waals surface area (Å²) in [5, 5.41) is 6.00. The van der Waals surface area contributed by atoms with Crippen LogP contribution in [0.1, 0.15) is 31.0 Å². The maximum Gasteiger partial charge on any atom is 0.408 e. The van der Waals surface area contributed by atoms with Gasteiger partial charge in [-0.1, -0.05) is 54.1 Å². The first kappa shape index (κ1) is 18.8. The monoisotopic (exact) mass is 360 g/mol. The van der Waals surface area contributed by atoms with E-state index in [0.717, 1.165) is 11.1 Å². The van der Waals surface area contributed by atoms with Gasteiger partial charge in [0.25, 0.3) is 0 Å². The lowest BCUT2D eigenvalue weighted by Crippen LogP contribution is -2.45. The van der Waals surface area contributed by atoms with E-state index in [1.54, 1.807) is 19.1 Å². The molecule has 5 nitrogen and oxygen atoms in total. The lowest BCUT2D eigenvalue weighted by molar-refractivity contribution is -0.123. The highest BCUT2D eigenvalue weighted by molar-refractivity contribution is 6.30. The molecule has 2 aromatic carbocycles. The number of rotatable bonds is 6. The molecule has 0 bridgehead atoms. The molecule has 2 rings (SSSR count).